The minimum atomic E-state index is -0.440. The van der Waals surface area contributed by atoms with Gasteiger partial charge in [-0.3, -0.25) is 24.8 Å². The Balaban J connectivity index is 1.90. The molecule has 0 saturated carbocycles. The lowest BCUT2D eigenvalue weighted by molar-refractivity contribution is -0.384. The van der Waals surface area contributed by atoms with Gasteiger partial charge in [-0.1, -0.05) is 56.5 Å². The van der Waals surface area contributed by atoms with Crippen molar-refractivity contribution in [3.05, 3.63) is 69.8 Å². The molecule has 0 saturated heterocycles. The molecule has 2 aromatic carbocycles. The van der Waals surface area contributed by atoms with Gasteiger partial charge in [0.05, 0.1) is 16.3 Å². The molecule has 1 aliphatic rings. The zero-order chi connectivity index (χ0) is 20.6. The number of non-ortho nitro benzene ring substituents is 1. The molecule has 29 heavy (non-hydrogen) atoms. The number of benzene rings is 2. The van der Waals surface area contributed by atoms with Crippen LogP contribution in [0.3, 0.4) is 0 Å². The van der Waals surface area contributed by atoms with Crippen LogP contribution in [-0.4, -0.2) is 36.4 Å². The third-order valence-electron chi connectivity index (χ3n) is 4.82. The van der Waals surface area contributed by atoms with Crippen molar-refractivity contribution in [3.8, 4) is 0 Å². The molecule has 0 radical (unpaired) electrons. The van der Waals surface area contributed by atoms with Crippen LogP contribution in [0.5, 0.6) is 0 Å². The molecular weight excluding hydrogens is 370 g/mol. The van der Waals surface area contributed by atoms with Crippen LogP contribution in [0.15, 0.2) is 53.5 Å². The van der Waals surface area contributed by atoms with Gasteiger partial charge in [-0.15, -0.1) is 0 Å². The molecule has 1 aliphatic heterocycles. The largest absolute Gasteiger partial charge is 0.361 e. The number of benzodiazepines with no additional fused rings is 1. The Morgan fingerprint density at radius 1 is 1.14 bits per heavy atom. The lowest BCUT2D eigenvalue weighted by atomic mass is 9.99. The number of hydrogen-bond donors (Lipinski definition) is 0. The fourth-order valence-corrected chi connectivity index (χ4v) is 3.29. The predicted octanol–water partition coefficient (Wildman–Crippen LogP) is 4.33. The van der Waals surface area contributed by atoms with Gasteiger partial charge in [0, 0.05) is 29.9 Å². The molecule has 0 aliphatic carbocycles. The molecule has 0 N–H and O–H groups in total. The third-order valence-corrected chi connectivity index (χ3v) is 4.82. The maximum atomic E-state index is 12.7. The van der Waals surface area contributed by atoms with Crippen LogP contribution in [0.25, 0.3) is 0 Å². The maximum absolute atomic E-state index is 12.7. The van der Waals surface area contributed by atoms with Crippen molar-refractivity contribution in [3.63, 3.8) is 0 Å². The van der Waals surface area contributed by atoms with E-state index in [0.29, 0.717) is 23.6 Å². The van der Waals surface area contributed by atoms with E-state index < -0.39 is 4.92 Å². The number of carbonyl (C=O) groups excluding carboxylic acids is 1. The van der Waals surface area contributed by atoms with Gasteiger partial charge in [-0.2, -0.15) is 0 Å². The number of carbonyl (C=O) groups is 1. The predicted molar refractivity (Wildman–Crippen MR) is 112 cm³/mol. The molecule has 1 heterocycles. The number of nitrogens with zero attached hydrogens (tertiary/aromatic N) is 3. The second-order valence-corrected chi connectivity index (χ2v) is 6.91. The van der Waals surface area contributed by atoms with Crippen LogP contribution in [0.2, 0.25) is 0 Å². The monoisotopic (exact) mass is 395 g/mol. The van der Waals surface area contributed by atoms with E-state index in [4.69, 9.17) is 4.74 Å². The first-order chi connectivity index (χ1) is 14.1. The molecule has 0 spiro atoms. The van der Waals surface area contributed by atoms with Gasteiger partial charge in [0.15, 0.2) is 0 Å². The zero-order valence-electron chi connectivity index (χ0n) is 16.5. The Morgan fingerprint density at radius 3 is 2.66 bits per heavy atom. The fraction of sp³-hybridized carbons (Fsp3) is 0.364. The van der Waals surface area contributed by atoms with Crippen LogP contribution < -0.4 is 4.90 Å². The fourth-order valence-electron chi connectivity index (χ4n) is 3.29. The van der Waals surface area contributed by atoms with Gasteiger partial charge in [0.25, 0.3) is 11.6 Å². The summed E-state index contributed by atoms with van der Waals surface area (Å²) >= 11 is 0. The summed E-state index contributed by atoms with van der Waals surface area (Å²) in [5, 5.41) is 11.3. The Kier molecular flexibility index (Phi) is 7.08. The molecule has 2 aromatic rings. The van der Waals surface area contributed by atoms with Crippen molar-refractivity contribution in [2.24, 2.45) is 4.99 Å². The first kappa shape index (κ1) is 20.7. The van der Waals surface area contributed by atoms with Crippen molar-refractivity contribution >= 4 is 23.0 Å². The summed E-state index contributed by atoms with van der Waals surface area (Å²) in [7, 11) is 0. The maximum Gasteiger partial charge on any atom is 0.270 e. The first-order valence-electron chi connectivity index (χ1n) is 9.88. The molecule has 1 amide bonds. The van der Waals surface area contributed by atoms with E-state index in [-0.39, 0.29) is 24.9 Å². The molecule has 3 rings (SSSR count). The van der Waals surface area contributed by atoms with Crippen LogP contribution in [-0.2, 0) is 9.53 Å². The van der Waals surface area contributed by atoms with E-state index >= 15 is 0 Å². The van der Waals surface area contributed by atoms with Crippen LogP contribution in [0, 0.1) is 10.1 Å². The van der Waals surface area contributed by atoms with Crippen molar-refractivity contribution in [1.29, 1.82) is 0 Å². The summed E-state index contributed by atoms with van der Waals surface area (Å²) in [5.41, 5.74) is 2.48. The summed E-state index contributed by atoms with van der Waals surface area (Å²) in [4.78, 5) is 29.6. The smallest absolute Gasteiger partial charge is 0.270 e. The zero-order valence-corrected chi connectivity index (χ0v) is 16.5. The van der Waals surface area contributed by atoms with Crippen molar-refractivity contribution in [2.75, 3.05) is 24.8 Å². The van der Waals surface area contributed by atoms with Crippen LogP contribution in [0.4, 0.5) is 11.4 Å². The number of nitro benzene ring substituents is 1. The highest BCUT2D eigenvalue weighted by Gasteiger charge is 2.27. The first-order valence-corrected chi connectivity index (χ1v) is 9.88. The number of hydrogen-bond acceptors (Lipinski definition) is 5. The Hall–Kier alpha value is -3.06. The number of amides is 1. The van der Waals surface area contributed by atoms with Crippen molar-refractivity contribution in [1.82, 2.24) is 0 Å². The third kappa shape index (κ3) is 5.06. The average Bonchev–Trinajstić information content (AvgIpc) is 2.87. The van der Waals surface area contributed by atoms with Crippen molar-refractivity contribution in [2.45, 2.75) is 32.6 Å². The lowest BCUT2D eigenvalue weighted by Gasteiger charge is -2.23. The standard InChI is InChI=1S/C22H25N3O4/c1-2-3-4-8-13-29-16-24-20-12-11-18(25(27)28)14-19(20)22(23-15-21(24)26)17-9-6-5-7-10-17/h5-7,9-12,14H,2-4,8,13,15-16H2,1H3. The normalized spacial score (nSPS) is 13.6. The summed E-state index contributed by atoms with van der Waals surface area (Å²) in [6.45, 7) is 2.79. The second-order valence-electron chi connectivity index (χ2n) is 6.91. The Morgan fingerprint density at radius 2 is 1.93 bits per heavy atom. The molecule has 0 atom stereocenters. The molecule has 0 unspecified atom stereocenters. The number of aliphatic imine (C=N–C) groups is 1. The highest BCUT2D eigenvalue weighted by Crippen LogP contribution is 2.30. The van der Waals surface area contributed by atoms with E-state index in [1.807, 2.05) is 30.3 Å². The second kappa shape index (κ2) is 9.93. The molecule has 0 fully saturated rings. The van der Waals surface area contributed by atoms with Gasteiger partial charge in [-0.25, -0.2) is 0 Å². The molecule has 152 valence electrons. The molecule has 0 aromatic heterocycles. The van der Waals surface area contributed by atoms with Gasteiger partial charge in [0.2, 0.25) is 0 Å². The number of nitro groups is 1. The topological polar surface area (TPSA) is 85.0 Å². The SMILES string of the molecule is CCCCCCOCN1C(=O)CN=C(c2ccccc2)c2cc([N+](=O)[O-])ccc21. The van der Waals surface area contributed by atoms with Gasteiger partial charge < -0.3 is 4.74 Å². The quantitative estimate of drug-likeness (QED) is 0.359. The highest BCUT2D eigenvalue weighted by molar-refractivity contribution is 6.19. The van der Waals surface area contributed by atoms with E-state index in [1.165, 1.54) is 17.0 Å². The summed E-state index contributed by atoms with van der Waals surface area (Å²) in [6.07, 6.45) is 4.34. The highest BCUT2D eigenvalue weighted by atomic mass is 16.6. The Bertz CT molecular complexity index is 896. The number of fused-ring (bicyclic) bond motifs is 1. The number of ether oxygens (including phenoxy) is 1. The minimum absolute atomic E-state index is 0.0358. The number of rotatable bonds is 9. The van der Waals surface area contributed by atoms with E-state index in [0.717, 1.165) is 31.2 Å². The summed E-state index contributed by atoms with van der Waals surface area (Å²) in [5.74, 6) is -0.195. The summed E-state index contributed by atoms with van der Waals surface area (Å²) in [6, 6.07) is 13.9. The minimum Gasteiger partial charge on any atom is -0.361 e. The number of anilines is 1. The lowest BCUT2D eigenvalue weighted by Crippen LogP contribution is -2.34. The molecule has 7 heteroatoms. The van der Waals surface area contributed by atoms with E-state index in [2.05, 4.69) is 11.9 Å². The van der Waals surface area contributed by atoms with E-state index in [1.54, 1.807) is 6.07 Å². The van der Waals surface area contributed by atoms with Crippen LogP contribution in [0.1, 0.15) is 43.7 Å². The van der Waals surface area contributed by atoms with Gasteiger partial charge in [0.1, 0.15) is 13.3 Å². The van der Waals surface area contributed by atoms with Gasteiger partial charge in [-0.05, 0) is 12.5 Å². The average molecular weight is 395 g/mol. The van der Waals surface area contributed by atoms with E-state index in [9.17, 15) is 14.9 Å². The molecule has 0 bridgehead atoms. The van der Waals surface area contributed by atoms with Gasteiger partial charge >= 0.3 is 0 Å². The Labute approximate surface area is 170 Å². The summed E-state index contributed by atoms with van der Waals surface area (Å²) < 4.78 is 5.74. The molecule has 7 nitrogen and oxygen atoms in total. The molecular formula is C22H25N3O4. The number of unbranched alkanes of at least 4 members (excludes halogenated alkanes) is 3. The van der Waals surface area contributed by atoms with Crippen LogP contribution >= 0.6 is 0 Å². The van der Waals surface area contributed by atoms with Crippen molar-refractivity contribution < 1.29 is 14.5 Å².